The maximum absolute atomic E-state index is 5.57. The normalized spacial score (nSPS) is 12.0. The van der Waals surface area contributed by atoms with Crippen molar-refractivity contribution in [2.24, 2.45) is 11.1 Å². The molecule has 0 spiro atoms. The Labute approximate surface area is 141 Å². The average Bonchev–Trinajstić information content (AvgIpc) is 2.55. The summed E-state index contributed by atoms with van der Waals surface area (Å²) in [6.07, 6.45) is 22.6. The average molecular weight is 312 g/mol. The van der Waals surface area contributed by atoms with Crippen LogP contribution in [-0.2, 0) is 0 Å². The molecule has 134 valence electrons. The molecule has 0 radical (unpaired) electrons. The van der Waals surface area contributed by atoms with E-state index >= 15 is 0 Å². The van der Waals surface area contributed by atoms with Gasteiger partial charge in [-0.3, -0.25) is 0 Å². The fourth-order valence-corrected chi connectivity index (χ4v) is 3.76. The van der Waals surface area contributed by atoms with E-state index in [-0.39, 0.29) is 0 Å². The first-order valence-electron chi connectivity index (χ1n) is 10.4. The highest BCUT2D eigenvalue weighted by Crippen LogP contribution is 2.41. The molecule has 0 heterocycles. The van der Waals surface area contributed by atoms with E-state index in [0.29, 0.717) is 5.41 Å². The van der Waals surface area contributed by atoms with Gasteiger partial charge in [0.25, 0.3) is 0 Å². The largest absolute Gasteiger partial charge is 0.330 e. The summed E-state index contributed by atoms with van der Waals surface area (Å²) in [5, 5.41) is 0. The predicted molar refractivity (Wildman–Crippen MR) is 102 cm³/mol. The predicted octanol–water partition coefficient (Wildman–Crippen LogP) is 7.23. The van der Waals surface area contributed by atoms with Crippen molar-refractivity contribution < 1.29 is 0 Å². The standard InChI is InChI=1S/C21H45N/c1-4-7-16-21(17-8-5-2,18-9-6-3)19-14-12-10-11-13-15-20-22/h4-20,22H2,1-3H3. The van der Waals surface area contributed by atoms with Crippen LogP contribution in [0.5, 0.6) is 0 Å². The Morgan fingerprint density at radius 1 is 0.500 bits per heavy atom. The van der Waals surface area contributed by atoms with Crippen LogP contribution in [0.3, 0.4) is 0 Å². The van der Waals surface area contributed by atoms with Gasteiger partial charge >= 0.3 is 0 Å². The van der Waals surface area contributed by atoms with Crippen molar-refractivity contribution in [2.75, 3.05) is 6.54 Å². The van der Waals surface area contributed by atoms with Crippen molar-refractivity contribution in [3.8, 4) is 0 Å². The monoisotopic (exact) mass is 311 g/mol. The summed E-state index contributed by atoms with van der Waals surface area (Å²) >= 11 is 0. The van der Waals surface area contributed by atoms with Gasteiger partial charge in [-0.2, -0.15) is 0 Å². The van der Waals surface area contributed by atoms with Gasteiger partial charge < -0.3 is 5.73 Å². The second-order valence-electron chi connectivity index (χ2n) is 7.47. The van der Waals surface area contributed by atoms with E-state index in [4.69, 9.17) is 5.73 Å². The topological polar surface area (TPSA) is 26.0 Å². The first kappa shape index (κ1) is 22.0. The molecular weight excluding hydrogens is 266 g/mol. The number of hydrogen-bond acceptors (Lipinski definition) is 1. The molecule has 0 fully saturated rings. The third-order valence-corrected chi connectivity index (χ3v) is 5.34. The molecule has 0 rings (SSSR count). The molecule has 0 aliphatic rings. The van der Waals surface area contributed by atoms with E-state index in [1.54, 1.807) is 0 Å². The van der Waals surface area contributed by atoms with Crippen molar-refractivity contribution in [1.82, 2.24) is 0 Å². The van der Waals surface area contributed by atoms with Gasteiger partial charge in [-0.25, -0.2) is 0 Å². The molecule has 0 saturated heterocycles. The van der Waals surface area contributed by atoms with Crippen LogP contribution in [0.25, 0.3) is 0 Å². The summed E-state index contributed by atoms with van der Waals surface area (Å²) in [6.45, 7) is 7.92. The SMILES string of the molecule is CCCCC(CCCC)(CCCC)CCCCCCCCN. The zero-order chi connectivity index (χ0) is 16.5. The van der Waals surface area contributed by atoms with E-state index in [9.17, 15) is 0 Å². The van der Waals surface area contributed by atoms with Crippen LogP contribution in [0.4, 0.5) is 0 Å². The van der Waals surface area contributed by atoms with Gasteiger partial charge in [0.1, 0.15) is 0 Å². The molecule has 0 atom stereocenters. The summed E-state index contributed by atoms with van der Waals surface area (Å²) in [5.74, 6) is 0. The van der Waals surface area contributed by atoms with Crippen LogP contribution in [-0.4, -0.2) is 6.54 Å². The number of hydrogen-bond donors (Lipinski definition) is 1. The minimum Gasteiger partial charge on any atom is -0.330 e. The third kappa shape index (κ3) is 11.5. The zero-order valence-corrected chi connectivity index (χ0v) is 16.1. The molecule has 0 aromatic rings. The minimum atomic E-state index is 0.680. The molecule has 1 heteroatoms. The third-order valence-electron chi connectivity index (χ3n) is 5.34. The van der Waals surface area contributed by atoms with E-state index in [2.05, 4.69) is 20.8 Å². The van der Waals surface area contributed by atoms with Crippen LogP contribution in [0.1, 0.15) is 124 Å². The van der Waals surface area contributed by atoms with Crippen molar-refractivity contribution in [3.63, 3.8) is 0 Å². The highest BCUT2D eigenvalue weighted by atomic mass is 14.5. The highest BCUT2D eigenvalue weighted by Gasteiger charge is 2.27. The molecule has 2 N–H and O–H groups in total. The van der Waals surface area contributed by atoms with E-state index in [1.807, 2.05) is 0 Å². The second kappa shape index (κ2) is 15.8. The van der Waals surface area contributed by atoms with Crippen LogP contribution in [0.15, 0.2) is 0 Å². The Balaban J connectivity index is 4.21. The zero-order valence-electron chi connectivity index (χ0n) is 16.1. The second-order valence-corrected chi connectivity index (χ2v) is 7.47. The van der Waals surface area contributed by atoms with Crippen molar-refractivity contribution >= 4 is 0 Å². The number of unbranched alkanes of at least 4 members (excludes halogenated alkanes) is 8. The van der Waals surface area contributed by atoms with Crippen molar-refractivity contribution in [3.05, 3.63) is 0 Å². The first-order chi connectivity index (χ1) is 10.7. The molecule has 0 aliphatic carbocycles. The summed E-state index contributed by atoms with van der Waals surface area (Å²) < 4.78 is 0. The Morgan fingerprint density at radius 2 is 0.864 bits per heavy atom. The van der Waals surface area contributed by atoms with Crippen molar-refractivity contribution in [1.29, 1.82) is 0 Å². The van der Waals surface area contributed by atoms with Gasteiger partial charge in [-0.05, 0) is 44.1 Å². The molecule has 0 amide bonds. The smallest absolute Gasteiger partial charge is 0.00773 e. The minimum absolute atomic E-state index is 0.680. The molecule has 0 unspecified atom stereocenters. The van der Waals surface area contributed by atoms with E-state index < -0.39 is 0 Å². The fraction of sp³-hybridized carbons (Fsp3) is 1.00. The Bertz CT molecular complexity index is 190. The van der Waals surface area contributed by atoms with Crippen LogP contribution < -0.4 is 5.73 Å². The lowest BCUT2D eigenvalue weighted by molar-refractivity contribution is 0.175. The number of nitrogens with two attached hydrogens (primary N) is 1. The molecule has 0 bridgehead atoms. The Morgan fingerprint density at radius 3 is 1.27 bits per heavy atom. The quantitative estimate of drug-likeness (QED) is 0.282. The number of rotatable bonds is 17. The molecule has 0 saturated carbocycles. The summed E-state index contributed by atoms with van der Waals surface area (Å²) in [7, 11) is 0. The molecule has 0 aromatic heterocycles. The lowest BCUT2D eigenvalue weighted by atomic mass is 9.71. The van der Waals surface area contributed by atoms with Gasteiger partial charge in [0, 0.05) is 0 Å². The van der Waals surface area contributed by atoms with Gasteiger partial charge in [-0.1, -0.05) is 91.4 Å². The summed E-state index contributed by atoms with van der Waals surface area (Å²) in [4.78, 5) is 0. The molecule has 0 aromatic carbocycles. The Kier molecular flexibility index (Phi) is 15.8. The lowest BCUT2D eigenvalue weighted by Gasteiger charge is -2.35. The van der Waals surface area contributed by atoms with Gasteiger partial charge in [-0.15, -0.1) is 0 Å². The van der Waals surface area contributed by atoms with Gasteiger partial charge in [0.2, 0.25) is 0 Å². The first-order valence-corrected chi connectivity index (χ1v) is 10.4. The molecular formula is C21H45N. The molecule has 1 nitrogen and oxygen atoms in total. The molecule has 22 heavy (non-hydrogen) atoms. The summed E-state index contributed by atoms with van der Waals surface area (Å²) in [6, 6.07) is 0. The van der Waals surface area contributed by atoms with E-state index in [0.717, 1.165) is 6.54 Å². The van der Waals surface area contributed by atoms with Crippen molar-refractivity contribution in [2.45, 2.75) is 124 Å². The Hall–Kier alpha value is -0.0400. The maximum atomic E-state index is 5.57. The lowest BCUT2D eigenvalue weighted by Crippen LogP contribution is -2.21. The van der Waals surface area contributed by atoms with Crippen LogP contribution >= 0.6 is 0 Å². The van der Waals surface area contributed by atoms with Gasteiger partial charge in [0.15, 0.2) is 0 Å². The highest BCUT2D eigenvalue weighted by molar-refractivity contribution is 4.79. The summed E-state index contributed by atoms with van der Waals surface area (Å²) in [5.41, 5.74) is 6.25. The van der Waals surface area contributed by atoms with Crippen LogP contribution in [0.2, 0.25) is 0 Å². The van der Waals surface area contributed by atoms with E-state index in [1.165, 1.54) is 103 Å². The van der Waals surface area contributed by atoms with Crippen LogP contribution in [0, 0.1) is 5.41 Å². The maximum Gasteiger partial charge on any atom is -0.00773 e. The fourth-order valence-electron chi connectivity index (χ4n) is 3.76. The van der Waals surface area contributed by atoms with Gasteiger partial charge in [0.05, 0.1) is 0 Å². The molecule has 0 aliphatic heterocycles.